The third-order valence-corrected chi connectivity index (χ3v) is 2.14. The monoisotopic (exact) mass is 216 g/mol. The first kappa shape index (κ1) is 10.5. The highest BCUT2D eigenvalue weighted by Gasteiger charge is 2.00. The number of H-pyrrole nitrogens is 1. The summed E-state index contributed by atoms with van der Waals surface area (Å²) in [5.74, 6) is 6.01. The van der Waals surface area contributed by atoms with Gasteiger partial charge in [0.1, 0.15) is 11.8 Å². The summed E-state index contributed by atoms with van der Waals surface area (Å²) in [6.45, 7) is 0.860. The maximum Gasteiger partial charge on any atom is 0.275 e. The Labute approximate surface area is 92.5 Å². The molecule has 5 heteroatoms. The van der Waals surface area contributed by atoms with Gasteiger partial charge in [0.25, 0.3) is 5.56 Å². The summed E-state index contributed by atoms with van der Waals surface area (Å²) in [6, 6.07) is 1.73. The fraction of sp³-hybridized carbons (Fsp3) is 0.273. The molecule has 0 aliphatic heterocycles. The molecular weight excluding hydrogens is 204 g/mol. The topological polar surface area (TPSA) is 62.2 Å². The van der Waals surface area contributed by atoms with E-state index in [1.807, 2.05) is 7.05 Å². The van der Waals surface area contributed by atoms with Gasteiger partial charge in [-0.15, -0.1) is 0 Å². The van der Waals surface area contributed by atoms with Crippen molar-refractivity contribution < 1.29 is 0 Å². The second-order valence-electron chi connectivity index (χ2n) is 3.33. The summed E-state index contributed by atoms with van der Waals surface area (Å²) in [7, 11) is 1.89. The molecule has 2 aromatic rings. The Bertz CT molecular complexity index is 599. The van der Waals surface area contributed by atoms with Crippen LogP contribution in [-0.4, -0.2) is 28.2 Å². The van der Waals surface area contributed by atoms with Gasteiger partial charge in [-0.05, 0) is 13.1 Å². The van der Waals surface area contributed by atoms with Crippen LogP contribution in [0.5, 0.6) is 0 Å². The van der Waals surface area contributed by atoms with E-state index >= 15 is 0 Å². The number of nitrogens with one attached hydrogen (secondary N) is 2. The van der Waals surface area contributed by atoms with Gasteiger partial charge in [-0.2, -0.15) is 5.10 Å². The maximum absolute atomic E-state index is 11.4. The number of aromatic amines is 1. The zero-order chi connectivity index (χ0) is 11.4. The molecule has 0 radical (unpaired) electrons. The third kappa shape index (κ3) is 2.12. The van der Waals surface area contributed by atoms with Crippen LogP contribution < -0.4 is 10.9 Å². The Morgan fingerprint density at radius 1 is 1.62 bits per heavy atom. The molecule has 0 saturated heterocycles. The number of fused-ring (bicyclic) bond motifs is 1. The van der Waals surface area contributed by atoms with Crippen molar-refractivity contribution in [3.8, 4) is 11.8 Å². The minimum absolute atomic E-state index is 0.154. The Kier molecular flexibility index (Phi) is 3.03. The number of hydrogen-bond donors (Lipinski definition) is 2. The standard InChI is InChI=1S/C11H12N4O/c1-12-5-3-2-4-9-6-10-11(16)13-8-14-15(10)7-9/h6-8,12H,3,5H2,1H3,(H,13,14,16). The smallest absolute Gasteiger partial charge is 0.275 e. The number of aromatic nitrogens is 3. The zero-order valence-corrected chi connectivity index (χ0v) is 8.95. The molecule has 0 bridgehead atoms. The van der Waals surface area contributed by atoms with E-state index in [1.54, 1.807) is 12.3 Å². The van der Waals surface area contributed by atoms with Crippen molar-refractivity contribution >= 4 is 5.52 Å². The molecule has 0 aliphatic rings. The summed E-state index contributed by atoms with van der Waals surface area (Å²) >= 11 is 0. The second-order valence-corrected chi connectivity index (χ2v) is 3.33. The first-order valence-electron chi connectivity index (χ1n) is 5.01. The molecule has 2 N–H and O–H groups in total. The molecule has 0 saturated carbocycles. The summed E-state index contributed by atoms with van der Waals surface area (Å²) in [6.07, 6.45) is 3.90. The van der Waals surface area contributed by atoms with Crippen LogP contribution in [0.25, 0.3) is 5.52 Å². The molecule has 2 rings (SSSR count). The van der Waals surface area contributed by atoms with Crippen LogP contribution in [0.1, 0.15) is 12.0 Å². The quantitative estimate of drug-likeness (QED) is 0.548. The predicted octanol–water partition coefficient (Wildman–Crippen LogP) is -0.0164. The summed E-state index contributed by atoms with van der Waals surface area (Å²) < 4.78 is 1.53. The molecule has 0 aliphatic carbocycles. The van der Waals surface area contributed by atoms with Gasteiger partial charge in [0, 0.05) is 24.7 Å². The van der Waals surface area contributed by atoms with Crippen molar-refractivity contribution in [1.82, 2.24) is 19.9 Å². The van der Waals surface area contributed by atoms with E-state index in [1.165, 1.54) is 10.8 Å². The van der Waals surface area contributed by atoms with Crippen LogP contribution >= 0.6 is 0 Å². The lowest BCUT2D eigenvalue weighted by Gasteiger charge is -1.87. The number of rotatable bonds is 2. The van der Waals surface area contributed by atoms with Gasteiger partial charge in [0.2, 0.25) is 0 Å². The second kappa shape index (κ2) is 4.64. The van der Waals surface area contributed by atoms with Crippen molar-refractivity contribution in [3.63, 3.8) is 0 Å². The number of hydrogen-bond acceptors (Lipinski definition) is 3. The van der Waals surface area contributed by atoms with Crippen LogP contribution in [0, 0.1) is 11.8 Å². The van der Waals surface area contributed by atoms with Gasteiger partial charge < -0.3 is 10.3 Å². The van der Waals surface area contributed by atoms with E-state index in [0.717, 1.165) is 18.5 Å². The summed E-state index contributed by atoms with van der Waals surface area (Å²) in [5, 5.41) is 7.00. The molecule has 0 fully saturated rings. The van der Waals surface area contributed by atoms with Crippen molar-refractivity contribution in [1.29, 1.82) is 0 Å². The maximum atomic E-state index is 11.4. The molecule has 0 amide bonds. The van der Waals surface area contributed by atoms with Gasteiger partial charge in [-0.3, -0.25) is 4.79 Å². The Hall–Kier alpha value is -2.06. The van der Waals surface area contributed by atoms with E-state index in [-0.39, 0.29) is 5.56 Å². The van der Waals surface area contributed by atoms with Crippen LogP contribution in [0.15, 0.2) is 23.4 Å². The highest BCUT2D eigenvalue weighted by molar-refractivity contribution is 5.51. The molecule has 2 heterocycles. The lowest BCUT2D eigenvalue weighted by Crippen LogP contribution is -2.09. The van der Waals surface area contributed by atoms with Crippen molar-refractivity contribution in [2.24, 2.45) is 0 Å². The van der Waals surface area contributed by atoms with E-state index in [9.17, 15) is 4.79 Å². The minimum Gasteiger partial charge on any atom is -0.319 e. The fourth-order valence-electron chi connectivity index (χ4n) is 1.36. The Morgan fingerprint density at radius 2 is 2.50 bits per heavy atom. The molecule has 16 heavy (non-hydrogen) atoms. The normalized spacial score (nSPS) is 10.1. The van der Waals surface area contributed by atoms with Gasteiger partial charge in [-0.25, -0.2) is 4.52 Å². The van der Waals surface area contributed by atoms with E-state index in [0.29, 0.717) is 5.52 Å². The summed E-state index contributed by atoms with van der Waals surface area (Å²) in [4.78, 5) is 13.9. The van der Waals surface area contributed by atoms with Gasteiger partial charge in [0.05, 0.1) is 0 Å². The average Bonchev–Trinajstić information content (AvgIpc) is 2.69. The molecule has 0 aromatic carbocycles. The Morgan fingerprint density at radius 3 is 3.25 bits per heavy atom. The van der Waals surface area contributed by atoms with E-state index in [2.05, 4.69) is 27.2 Å². The fourth-order valence-corrected chi connectivity index (χ4v) is 1.36. The molecule has 2 aromatic heterocycles. The zero-order valence-electron chi connectivity index (χ0n) is 8.95. The molecule has 0 unspecified atom stereocenters. The van der Waals surface area contributed by atoms with Gasteiger partial charge in [0.15, 0.2) is 0 Å². The van der Waals surface area contributed by atoms with Crippen LogP contribution in [0.3, 0.4) is 0 Å². The number of nitrogens with zero attached hydrogens (tertiary/aromatic N) is 2. The van der Waals surface area contributed by atoms with Crippen LogP contribution in [-0.2, 0) is 0 Å². The largest absolute Gasteiger partial charge is 0.319 e. The Balaban J connectivity index is 2.29. The van der Waals surface area contributed by atoms with Crippen LogP contribution in [0.4, 0.5) is 0 Å². The first-order chi connectivity index (χ1) is 7.81. The van der Waals surface area contributed by atoms with Crippen molar-refractivity contribution in [3.05, 3.63) is 34.5 Å². The van der Waals surface area contributed by atoms with E-state index < -0.39 is 0 Å². The predicted molar refractivity (Wildman–Crippen MR) is 61.2 cm³/mol. The van der Waals surface area contributed by atoms with Crippen molar-refractivity contribution in [2.75, 3.05) is 13.6 Å². The average molecular weight is 216 g/mol. The lowest BCUT2D eigenvalue weighted by molar-refractivity contribution is 0.818. The van der Waals surface area contributed by atoms with Gasteiger partial charge in [-0.1, -0.05) is 11.8 Å². The third-order valence-electron chi connectivity index (χ3n) is 2.14. The van der Waals surface area contributed by atoms with Crippen molar-refractivity contribution in [2.45, 2.75) is 6.42 Å². The highest BCUT2D eigenvalue weighted by Crippen LogP contribution is 2.01. The molecule has 82 valence electrons. The SMILES string of the molecule is CNCCC#Cc1cc2c(=O)[nH]cnn2c1. The highest BCUT2D eigenvalue weighted by atomic mass is 16.1. The summed E-state index contributed by atoms with van der Waals surface area (Å²) in [5.41, 5.74) is 1.17. The molecule has 5 nitrogen and oxygen atoms in total. The molecule has 0 spiro atoms. The molecular formula is C11H12N4O. The van der Waals surface area contributed by atoms with E-state index in [4.69, 9.17) is 0 Å². The van der Waals surface area contributed by atoms with Crippen LogP contribution in [0.2, 0.25) is 0 Å². The lowest BCUT2D eigenvalue weighted by atomic mass is 10.3. The molecule has 0 atom stereocenters. The minimum atomic E-state index is -0.154. The first-order valence-corrected chi connectivity index (χ1v) is 5.01. The van der Waals surface area contributed by atoms with Gasteiger partial charge >= 0.3 is 0 Å².